The highest BCUT2D eigenvalue weighted by Crippen LogP contribution is 2.22. The topological polar surface area (TPSA) is 43.4 Å². The summed E-state index contributed by atoms with van der Waals surface area (Å²) in [6, 6.07) is 3.49. The van der Waals surface area contributed by atoms with E-state index in [1.165, 1.54) is 13.2 Å². The van der Waals surface area contributed by atoms with Crippen LogP contribution in [0.25, 0.3) is 0 Å². The predicted octanol–water partition coefficient (Wildman–Crippen LogP) is 1.74. The molecule has 0 amide bonds. The summed E-state index contributed by atoms with van der Waals surface area (Å²) in [6.45, 7) is 0. The number of hydrogen-bond donors (Lipinski definition) is 0. The molecule has 3 nitrogen and oxygen atoms in total. The Morgan fingerprint density at radius 3 is 2.60 bits per heavy atom. The average Bonchev–Trinajstić information content (AvgIpc) is 2.23. The zero-order valence-electron chi connectivity index (χ0n) is 7.91. The first kappa shape index (κ1) is 9.58. The lowest BCUT2D eigenvalue weighted by molar-refractivity contribution is 0.0916. The number of methoxy groups -OCH3 is 1. The summed E-state index contributed by atoms with van der Waals surface area (Å²) in [4.78, 5) is 23.1. The van der Waals surface area contributed by atoms with Crippen molar-refractivity contribution in [2.75, 3.05) is 7.11 Å². The molecule has 0 atom stereocenters. The zero-order valence-corrected chi connectivity index (χ0v) is 7.91. The fourth-order valence-corrected chi connectivity index (χ4v) is 1.47. The number of benzene rings is 1. The summed E-state index contributed by atoms with van der Waals surface area (Å²) in [6.07, 6.45) is 1.11. The molecule has 15 heavy (non-hydrogen) atoms. The van der Waals surface area contributed by atoms with Crippen LogP contribution in [0.2, 0.25) is 0 Å². The maximum absolute atomic E-state index is 12.9. The van der Waals surface area contributed by atoms with Crippen LogP contribution >= 0.6 is 0 Å². The van der Waals surface area contributed by atoms with Gasteiger partial charge in [-0.1, -0.05) is 0 Å². The van der Waals surface area contributed by atoms with Gasteiger partial charge in [-0.2, -0.15) is 0 Å². The van der Waals surface area contributed by atoms with Crippen LogP contribution < -0.4 is 0 Å². The van der Waals surface area contributed by atoms with Gasteiger partial charge < -0.3 is 4.74 Å². The molecule has 0 saturated heterocycles. The number of hydrogen-bond acceptors (Lipinski definition) is 3. The van der Waals surface area contributed by atoms with E-state index < -0.39 is 11.6 Å². The summed E-state index contributed by atoms with van der Waals surface area (Å²) >= 11 is 0. The number of fused-ring (bicyclic) bond motifs is 1. The van der Waals surface area contributed by atoms with E-state index in [-0.39, 0.29) is 22.7 Å². The Labute approximate surface area is 85.2 Å². The zero-order chi connectivity index (χ0) is 11.0. The number of halogens is 1. The summed E-state index contributed by atoms with van der Waals surface area (Å²) in [5.41, 5.74) is 0.265. The molecule has 4 heteroatoms. The standard InChI is InChI=1S/C11H7FO3/c1-15-10-5-9(13)7-3-2-6(12)4-8(7)11(10)14/h2-5H,1H3. The second-order valence-corrected chi connectivity index (χ2v) is 3.10. The molecule has 76 valence electrons. The highest BCUT2D eigenvalue weighted by Gasteiger charge is 2.26. The van der Waals surface area contributed by atoms with Crippen molar-refractivity contribution in [2.24, 2.45) is 0 Å². The number of ether oxygens (including phenoxy) is 1. The van der Waals surface area contributed by atoms with Crippen molar-refractivity contribution in [2.45, 2.75) is 0 Å². The van der Waals surface area contributed by atoms with Gasteiger partial charge in [0.25, 0.3) is 0 Å². The molecule has 0 heterocycles. The lowest BCUT2D eigenvalue weighted by Gasteiger charge is -2.13. The Hall–Kier alpha value is -1.97. The molecule has 1 aromatic carbocycles. The van der Waals surface area contributed by atoms with E-state index in [1.54, 1.807) is 0 Å². The van der Waals surface area contributed by atoms with Gasteiger partial charge in [0.2, 0.25) is 5.78 Å². The molecule has 2 rings (SSSR count). The van der Waals surface area contributed by atoms with E-state index in [0.29, 0.717) is 0 Å². The van der Waals surface area contributed by atoms with Crippen molar-refractivity contribution in [3.05, 3.63) is 47.0 Å². The van der Waals surface area contributed by atoms with Gasteiger partial charge in [-0.25, -0.2) is 4.39 Å². The lowest BCUT2D eigenvalue weighted by Crippen LogP contribution is -2.18. The molecule has 0 aromatic heterocycles. The summed E-state index contributed by atoms with van der Waals surface area (Å²) in [7, 11) is 1.29. The van der Waals surface area contributed by atoms with Gasteiger partial charge in [0, 0.05) is 17.2 Å². The van der Waals surface area contributed by atoms with Crippen molar-refractivity contribution in [1.29, 1.82) is 0 Å². The molecule has 1 aliphatic rings. The first-order valence-corrected chi connectivity index (χ1v) is 4.27. The first-order chi connectivity index (χ1) is 7.13. The van der Waals surface area contributed by atoms with E-state index in [2.05, 4.69) is 0 Å². The molecular weight excluding hydrogens is 199 g/mol. The van der Waals surface area contributed by atoms with Crippen LogP contribution in [0, 0.1) is 5.82 Å². The van der Waals surface area contributed by atoms with Gasteiger partial charge >= 0.3 is 0 Å². The molecular formula is C11H7FO3. The maximum atomic E-state index is 12.9. The Morgan fingerprint density at radius 2 is 1.93 bits per heavy atom. The van der Waals surface area contributed by atoms with Crippen LogP contribution in [0.4, 0.5) is 4.39 Å². The van der Waals surface area contributed by atoms with E-state index in [1.807, 2.05) is 0 Å². The van der Waals surface area contributed by atoms with E-state index in [4.69, 9.17) is 4.74 Å². The van der Waals surface area contributed by atoms with E-state index >= 15 is 0 Å². The second-order valence-electron chi connectivity index (χ2n) is 3.10. The normalized spacial score (nSPS) is 14.7. The van der Waals surface area contributed by atoms with Gasteiger partial charge in [0.05, 0.1) is 7.11 Å². The number of carbonyl (C=O) groups excluding carboxylic acids is 2. The first-order valence-electron chi connectivity index (χ1n) is 4.27. The van der Waals surface area contributed by atoms with Crippen molar-refractivity contribution in [3.8, 4) is 0 Å². The van der Waals surface area contributed by atoms with Crippen LogP contribution in [0.15, 0.2) is 30.0 Å². The van der Waals surface area contributed by atoms with Crippen LogP contribution in [-0.2, 0) is 4.74 Å². The summed E-state index contributed by atoms with van der Waals surface area (Å²) < 4.78 is 17.6. The fourth-order valence-electron chi connectivity index (χ4n) is 1.47. The predicted molar refractivity (Wildman–Crippen MR) is 50.2 cm³/mol. The largest absolute Gasteiger partial charge is 0.492 e. The third-order valence-electron chi connectivity index (χ3n) is 2.20. The Bertz CT molecular complexity index is 489. The van der Waals surface area contributed by atoms with Crippen molar-refractivity contribution >= 4 is 11.6 Å². The number of ketones is 2. The molecule has 0 unspecified atom stereocenters. The molecule has 0 radical (unpaired) electrons. The molecule has 0 saturated carbocycles. The Kier molecular flexibility index (Phi) is 2.11. The average molecular weight is 206 g/mol. The van der Waals surface area contributed by atoms with Crippen LogP contribution in [0.1, 0.15) is 20.7 Å². The highest BCUT2D eigenvalue weighted by molar-refractivity contribution is 6.23. The van der Waals surface area contributed by atoms with Gasteiger partial charge in [0.15, 0.2) is 11.5 Å². The number of carbonyl (C=O) groups is 2. The molecule has 0 fully saturated rings. The number of rotatable bonds is 1. The van der Waals surface area contributed by atoms with Crippen LogP contribution in [-0.4, -0.2) is 18.7 Å². The lowest BCUT2D eigenvalue weighted by atomic mass is 9.93. The Balaban J connectivity index is 2.62. The van der Waals surface area contributed by atoms with Gasteiger partial charge in [-0.3, -0.25) is 9.59 Å². The van der Waals surface area contributed by atoms with Crippen molar-refractivity contribution < 1.29 is 18.7 Å². The SMILES string of the molecule is COC1=CC(=O)c2ccc(F)cc2C1=O. The van der Waals surface area contributed by atoms with Crippen LogP contribution in [0.5, 0.6) is 0 Å². The molecule has 0 bridgehead atoms. The molecule has 1 aliphatic carbocycles. The van der Waals surface area contributed by atoms with Gasteiger partial charge in [-0.15, -0.1) is 0 Å². The fraction of sp³-hybridized carbons (Fsp3) is 0.0909. The van der Waals surface area contributed by atoms with E-state index in [0.717, 1.165) is 18.2 Å². The monoisotopic (exact) mass is 206 g/mol. The summed E-state index contributed by atoms with van der Waals surface area (Å²) in [5.74, 6) is -1.42. The van der Waals surface area contributed by atoms with E-state index in [9.17, 15) is 14.0 Å². The van der Waals surface area contributed by atoms with Crippen molar-refractivity contribution in [3.63, 3.8) is 0 Å². The number of Topliss-reactive ketones (excluding diaryl/α,β-unsaturated/α-hetero) is 1. The molecule has 0 aliphatic heterocycles. The van der Waals surface area contributed by atoms with Gasteiger partial charge in [0.1, 0.15) is 5.82 Å². The number of allylic oxidation sites excluding steroid dienone is 2. The minimum absolute atomic E-state index is 0.0550. The Morgan fingerprint density at radius 1 is 1.20 bits per heavy atom. The second kappa shape index (κ2) is 3.31. The highest BCUT2D eigenvalue weighted by atomic mass is 19.1. The van der Waals surface area contributed by atoms with Crippen LogP contribution in [0.3, 0.4) is 0 Å². The summed E-state index contributed by atoms with van der Waals surface area (Å²) in [5, 5.41) is 0. The van der Waals surface area contributed by atoms with Crippen molar-refractivity contribution in [1.82, 2.24) is 0 Å². The smallest absolute Gasteiger partial charge is 0.228 e. The molecule has 0 N–H and O–H groups in total. The third kappa shape index (κ3) is 1.44. The minimum Gasteiger partial charge on any atom is -0.492 e. The molecule has 0 spiro atoms. The molecule has 1 aromatic rings. The minimum atomic E-state index is -0.549. The third-order valence-corrected chi connectivity index (χ3v) is 2.20. The quantitative estimate of drug-likeness (QED) is 0.702. The van der Waals surface area contributed by atoms with Gasteiger partial charge in [-0.05, 0) is 18.2 Å². The maximum Gasteiger partial charge on any atom is 0.228 e.